The second-order valence-electron chi connectivity index (χ2n) is 4.26. The van der Waals surface area contributed by atoms with Crippen molar-refractivity contribution in [2.75, 3.05) is 0 Å². The zero-order chi connectivity index (χ0) is 13.2. The van der Waals surface area contributed by atoms with E-state index in [9.17, 15) is 12.8 Å². The molecule has 0 bridgehead atoms. The Labute approximate surface area is 109 Å². The summed E-state index contributed by atoms with van der Waals surface area (Å²) in [4.78, 5) is -0.0493. The minimum absolute atomic E-state index is 0.150. The summed E-state index contributed by atoms with van der Waals surface area (Å²) in [6.45, 7) is 4.05. The number of alkyl halides is 1. The summed E-state index contributed by atoms with van der Waals surface area (Å²) in [5.74, 6) is -0.172. The molecular weight excluding hydrogens is 309 g/mol. The zero-order valence-electron chi connectivity index (χ0n) is 9.65. The van der Waals surface area contributed by atoms with E-state index >= 15 is 0 Å². The number of sulfonamides is 1. The van der Waals surface area contributed by atoms with E-state index in [-0.39, 0.29) is 9.72 Å². The third-order valence-electron chi connectivity index (χ3n) is 2.49. The summed E-state index contributed by atoms with van der Waals surface area (Å²) in [5.41, 5.74) is 0.480. The summed E-state index contributed by atoms with van der Waals surface area (Å²) in [7, 11) is -3.84. The van der Waals surface area contributed by atoms with E-state index in [0.717, 1.165) is 6.07 Å². The fourth-order valence-electron chi connectivity index (χ4n) is 1.32. The summed E-state index contributed by atoms with van der Waals surface area (Å²) in [6.07, 6.45) is 0.508. The van der Waals surface area contributed by atoms with Crippen LogP contribution in [0.25, 0.3) is 0 Å². The van der Waals surface area contributed by atoms with Gasteiger partial charge in [0, 0.05) is 4.83 Å². The van der Waals surface area contributed by atoms with Crippen molar-refractivity contribution in [3.05, 3.63) is 29.6 Å². The minimum Gasteiger partial charge on any atom is -0.225 e. The third kappa shape index (κ3) is 4.04. The number of rotatable bonds is 4. The van der Waals surface area contributed by atoms with Gasteiger partial charge in [-0.3, -0.25) is 0 Å². The molecule has 0 aromatic heterocycles. The molecule has 0 heterocycles. The van der Waals surface area contributed by atoms with Crippen LogP contribution in [0, 0.1) is 11.7 Å². The normalized spacial score (nSPS) is 14.0. The van der Waals surface area contributed by atoms with Crippen molar-refractivity contribution < 1.29 is 12.8 Å². The van der Waals surface area contributed by atoms with Crippen LogP contribution in [0.4, 0.5) is 4.39 Å². The molecule has 1 aromatic carbocycles. The molecule has 2 N–H and O–H groups in total. The van der Waals surface area contributed by atoms with Gasteiger partial charge in [-0.1, -0.05) is 35.8 Å². The standard InChI is InChI=1S/C11H15BrFNO2S/c1-7(2)10(12)5-8-3-4-9(6-11(8)13)17(14,15)16/h3-4,6-7,10H,5H2,1-2H3,(H2,14,15,16). The molecule has 1 unspecified atom stereocenters. The minimum atomic E-state index is -3.84. The maximum absolute atomic E-state index is 13.7. The van der Waals surface area contributed by atoms with Gasteiger partial charge in [0.2, 0.25) is 10.0 Å². The van der Waals surface area contributed by atoms with Crippen LogP contribution >= 0.6 is 15.9 Å². The van der Waals surface area contributed by atoms with Crippen molar-refractivity contribution in [2.45, 2.75) is 30.0 Å². The second kappa shape index (κ2) is 5.46. The molecule has 3 nitrogen and oxygen atoms in total. The lowest BCUT2D eigenvalue weighted by molar-refractivity contribution is 0.568. The van der Waals surface area contributed by atoms with Gasteiger partial charge >= 0.3 is 0 Å². The number of hydrogen-bond donors (Lipinski definition) is 1. The molecule has 0 amide bonds. The van der Waals surface area contributed by atoms with Gasteiger partial charge in [-0.25, -0.2) is 17.9 Å². The van der Waals surface area contributed by atoms with Crippen molar-refractivity contribution >= 4 is 26.0 Å². The van der Waals surface area contributed by atoms with Crippen LogP contribution in [0.2, 0.25) is 0 Å². The van der Waals surface area contributed by atoms with Crippen LogP contribution in [0.15, 0.2) is 23.1 Å². The van der Waals surface area contributed by atoms with Gasteiger partial charge in [0.1, 0.15) is 5.82 Å². The van der Waals surface area contributed by atoms with E-state index in [1.165, 1.54) is 12.1 Å². The Hall–Kier alpha value is -0.460. The number of nitrogens with two attached hydrogens (primary N) is 1. The quantitative estimate of drug-likeness (QED) is 0.865. The van der Waals surface area contributed by atoms with Crippen molar-refractivity contribution in [1.82, 2.24) is 0 Å². The first-order valence-electron chi connectivity index (χ1n) is 5.17. The molecule has 17 heavy (non-hydrogen) atoms. The highest BCUT2D eigenvalue weighted by Gasteiger charge is 2.15. The second-order valence-corrected chi connectivity index (χ2v) is 7.00. The number of primary sulfonamides is 1. The summed E-state index contributed by atoms with van der Waals surface area (Å²) < 4.78 is 35.7. The molecule has 6 heteroatoms. The Morgan fingerprint density at radius 1 is 1.41 bits per heavy atom. The molecular formula is C11H15BrFNO2S. The fourth-order valence-corrected chi connectivity index (χ4v) is 2.19. The van der Waals surface area contributed by atoms with Crippen molar-refractivity contribution in [3.8, 4) is 0 Å². The monoisotopic (exact) mass is 323 g/mol. The Morgan fingerprint density at radius 2 is 2.00 bits per heavy atom. The maximum Gasteiger partial charge on any atom is 0.238 e. The van der Waals surface area contributed by atoms with Crippen molar-refractivity contribution in [1.29, 1.82) is 0 Å². The van der Waals surface area contributed by atoms with Crippen LogP contribution in [0.5, 0.6) is 0 Å². The molecule has 0 saturated carbocycles. The SMILES string of the molecule is CC(C)C(Br)Cc1ccc(S(N)(=O)=O)cc1F. The predicted molar refractivity (Wildman–Crippen MR) is 69.0 cm³/mol. The highest BCUT2D eigenvalue weighted by molar-refractivity contribution is 9.09. The average molecular weight is 324 g/mol. The highest BCUT2D eigenvalue weighted by Crippen LogP contribution is 2.21. The molecule has 1 aromatic rings. The molecule has 0 fully saturated rings. The van der Waals surface area contributed by atoms with Crippen LogP contribution in [-0.4, -0.2) is 13.2 Å². The van der Waals surface area contributed by atoms with Crippen molar-refractivity contribution in [3.63, 3.8) is 0 Å². The maximum atomic E-state index is 13.7. The van der Waals surface area contributed by atoms with Gasteiger partial charge < -0.3 is 0 Å². The molecule has 96 valence electrons. The van der Waals surface area contributed by atoms with E-state index in [1.54, 1.807) is 0 Å². The third-order valence-corrected chi connectivity index (χ3v) is 4.78. The van der Waals surface area contributed by atoms with Gasteiger partial charge in [-0.2, -0.15) is 0 Å². The molecule has 0 radical (unpaired) electrons. The average Bonchev–Trinajstić information content (AvgIpc) is 2.19. The number of benzene rings is 1. The van der Waals surface area contributed by atoms with E-state index in [0.29, 0.717) is 17.9 Å². The molecule has 0 aliphatic carbocycles. The van der Waals surface area contributed by atoms with Crippen LogP contribution in [-0.2, 0) is 16.4 Å². The summed E-state index contributed by atoms with van der Waals surface area (Å²) in [5, 5.41) is 4.92. The van der Waals surface area contributed by atoms with E-state index in [1.807, 2.05) is 13.8 Å². The number of halogens is 2. The molecule has 0 spiro atoms. The molecule has 1 rings (SSSR count). The van der Waals surface area contributed by atoms with Crippen LogP contribution < -0.4 is 5.14 Å². The smallest absolute Gasteiger partial charge is 0.225 e. The lowest BCUT2D eigenvalue weighted by Gasteiger charge is -2.14. The lowest BCUT2D eigenvalue weighted by Crippen LogP contribution is -2.14. The molecule has 0 aliphatic heterocycles. The highest BCUT2D eigenvalue weighted by atomic mass is 79.9. The first-order valence-corrected chi connectivity index (χ1v) is 7.63. The molecule has 0 aliphatic rings. The van der Waals surface area contributed by atoms with E-state index in [2.05, 4.69) is 15.9 Å². The first-order chi connectivity index (χ1) is 7.71. The van der Waals surface area contributed by atoms with E-state index in [4.69, 9.17) is 5.14 Å². The fraction of sp³-hybridized carbons (Fsp3) is 0.455. The summed E-state index contributed by atoms with van der Waals surface area (Å²) >= 11 is 3.46. The zero-order valence-corrected chi connectivity index (χ0v) is 12.1. The van der Waals surface area contributed by atoms with Gasteiger partial charge in [-0.15, -0.1) is 0 Å². The topological polar surface area (TPSA) is 60.2 Å². The van der Waals surface area contributed by atoms with E-state index < -0.39 is 15.8 Å². The Kier molecular flexibility index (Phi) is 4.69. The molecule has 1 atom stereocenters. The Balaban J connectivity index is 2.99. The van der Waals surface area contributed by atoms with Crippen molar-refractivity contribution in [2.24, 2.45) is 11.1 Å². The molecule has 0 saturated heterocycles. The Morgan fingerprint density at radius 3 is 2.41 bits per heavy atom. The van der Waals surface area contributed by atoms with Gasteiger partial charge in [-0.05, 0) is 30.0 Å². The lowest BCUT2D eigenvalue weighted by atomic mass is 10.0. The first kappa shape index (κ1) is 14.6. The largest absolute Gasteiger partial charge is 0.238 e. The van der Waals surface area contributed by atoms with Gasteiger partial charge in [0.25, 0.3) is 0 Å². The summed E-state index contributed by atoms with van der Waals surface area (Å²) in [6, 6.07) is 3.75. The van der Waals surface area contributed by atoms with Gasteiger partial charge in [0.15, 0.2) is 0 Å². The van der Waals surface area contributed by atoms with Crippen LogP contribution in [0.1, 0.15) is 19.4 Å². The predicted octanol–water partition coefficient (Wildman–Crippen LogP) is 2.44. The van der Waals surface area contributed by atoms with Gasteiger partial charge in [0.05, 0.1) is 4.90 Å². The Bertz CT molecular complexity index is 502. The number of hydrogen-bond acceptors (Lipinski definition) is 2. The van der Waals surface area contributed by atoms with Crippen LogP contribution in [0.3, 0.4) is 0 Å².